The molecule has 0 radical (unpaired) electrons. The van der Waals surface area contributed by atoms with Crippen LogP contribution in [0.5, 0.6) is 0 Å². The number of epoxide rings is 1. The minimum atomic E-state index is -0.455. The van der Waals surface area contributed by atoms with Crippen molar-refractivity contribution >= 4 is 23.9 Å². The molecule has 0 spiro atoms. The van der Waals surface area contributed by atoms with Crippen molar-refractivity contribution in [3.05, 3.63) is 48.6 Å². The molecule has 0 aliphatic carbocycles. The number of aliphatic hydroxyl groups is 1. The maximum absolute atomic E-state index is 10.7. The van der Waals surface area contributed by atoms with Gasteiger partial charge in [-0.2, -0.15) is 0 Å². The molecule has 0 aromatic heterocycles. The van der Waals surface area contributed by atoms with Gasteiger partial charge in [-0.3, -0.25) is 0 Å². The van der Waals surface area contributed by atoms with Crippen molar-refractivity contribution in [1.82, 2.24) is 0 Å². The maximum atomic E-state index is 10.7. The SMILES string of the molecule is C=C(C)C(=O)OC.C=C(C)C(=O)OC.C=C(C)C(=O)OCC1CO1.C=C(C)C(=O)OCCO. The summed E-state index contributed by atoms with van der Waals surface area (Å²) in [5.41, 5.74) is 1.65. The lowest BCUT2D eigenvalue weighted by molar-refractivity contribution is -0.140. The predicted octanol–water partition coefficient (Wildman–Crippen LogP) is 2.07. The number of rotatable bonds is 8. The van der Waals surface area contributed by atoms with Crippen LogP contribution in [0.25, 0.3) is 0 Å². The van der Waals surface area contributed by atoms with Crippen LogP contribution in [0, 0.1) is 0 Å². The van der Waals surface area contributed by atoms with Gasteiger partial charge in [0.25, 0.3) is 0 Å². The highest BCUT2D eigenvalue weighted by Crippen LogP contribution is 2.09. The molecule has 33 heavy (non-hydrogen) atoms. The molecule has 1 saturated heterocycles. The molecule has 1 fully saturated rings. The predicted molar refractivity (Wildman–Crippen MR) is 122 cm³/mol. The Labute approximate surface area is 195 Å². The van der Waals surface area contributed by atoms with E-state index in [1.54, 1.807) is 27.7 Å². The lowest BCUT2D eigenvalue weighted by Crippen LogP contribution is -2.09. The van der Waals surface area contributed by atoms with Crippen molar-refractivity contribution in [3.8, 4) is 0 Å². The van der Waals surface area contributed by atoms with E-state index in [9.17, 15) is 19.2 Å². The first-order valence-electron chi connectivity index (χ1n) is 9.60. The monoisotopic (exact) mass is 472 g/mol. The molecule has 10 nitrogen and oxygen atoms in total. The third-order valence-corrected chi connectivity index (χ3v) is 2.89. The van der Waals surface area contributed by atoms with Crippen LogP contribution in [-0.2, 0) is 42.9 Å². The summed E-state index contributed by atoms with van der Waals surface area (Å²) >= 11 is 0. The highest BCUT2D eigenvalue weighted by molar-refractivity contribution is 5.87. The summed E-state index contributed by atoms with van der Waals surface area (Å²) < 4.78 is 22.6. The smallest absolute Gasteiger partial charge is 0.333 e. The van der Waals surface area contributed by atoms with E-state index in [4.69, 9.17) is 14.6 Å². The highest BCUT2D eigenvalue weighted by atomic mass is 16.6. The van der Waals surface area contributed by atoms with Crippen molar-refractivity contribution < 1.29 is 48.0 Å². The van der Waals surface area contributed by atoms with Gasteiger partial charge in [-0.25, -0.2) is 19.2 Å². The normalized spacial score (nSPS) is 12.3. The van der Waals surface area contributed by atoms with Crippen molar-refractivity contribution in [2.45, 2.75) is 33.8 Å². The minimum absolute atomic E-state index is 0.0473. The Balaban J connectivity index is -0.000000369. The van der Waals surface area contributed by atoms with E-state index < -0.39 is 5.97 Å². The van der Waals surface area contributed by atoms with E-state index in [1.165, 1.54) is 14.2 Å². The molecular formula is C23H36O10. The molecule has 188 valence electrons. The van der Waals surface area contributed by atoms with Gasteiger partial charge in [-0.15, -0.1) is 0 Å². The second-order valence-electron chi connectivity index (χ2n) is 6.52. The molecule has 0 saturated carbocycles. The Bertz CT molecular complexity index is 676. The van der Waals surface area contributed by atoms with E-state index in [0.717, 1.165) is 0 Å². The molecule has 1 heterocycles. The van der Waals surface area contributed by atoms with Crippen LogP contribution in [0.2, 0.25) is 0 Å². The lowest BCUT2D eigenvalue weighted by atomic mass is 10.4. The quantitative estimate of drug-likeness (QED) is 0.242. The zero-order valence-corrected chi connectivity index (χ0v) is 20.4. The fraction of sp³-hybridized carbons (Fsp3) is 0.478. The van der Waals surface area contributed by atoms with Gasteiger partial charge in [0, 0.05) is 22.3 Å². The van der Waals surface area contributed by atoms with Crippen LogP contribution in [0.4, 0.5) is 0 Å². The fourth-order valence-electron chi connectivity index (χ4n) is 1.07. The van der Waals surface area contributed by atoms with E-state index in [0.29, 0.717) is 35.5 Å². The molecule has 0 bridgehead atoms. The summed E-state index contributed by atoms with van der Waals surface area (Å²) in [6.45, 7) is 20.9. The number of carbonyl (C=O) groups excluding carboxylic acids is 4. The second kappa shape index (κ2) is 20.7. The third kappa shape index (κ3) is 24.9. The van der Waals surface area contributed by atoms with Gasteiger partial charge in [0.1, 0.15) is 19.3 Å². The van der Waals surface area contributed by atoms with Crippen LogP contribution in [0.3, 0.4) is 0 Å². The van der Waals surface area contributed by atoms with E-state index in [1.807, 2.05) is 0 Å². The van der Waals surface area contributed by atoms with Gasteiger partial charge >= 0.3 is 23.9 Å². The summed E-state index contributed by atoms with van der Waals surface area (Å²) in [7, 11) is 2.66. The average Bonchev–Trinajstić information content (AvgIpc) is 3.59. The van der Waals surface area contributed by atoms with Gasteiger partial charge in [0.2, 0.25) is 0 Å². The second-order valence-corrected chi connectivity index (χ2v) is 6.52. The van der Waals surface area contributed by atoms with Crippen LogP contribution in [0.1, 0.15) is 27.7 Å². The number of aliphatic hydroxyl groups excluding tert-OH is 1. The third-order valence-electron chi connectivity index (χ3n) is 2.89. The van der Waals surface area contributed by atoms with E-state index >= 15 is 0 Å². The van der Waals surface area contributed by atoms with Gasteiger partial charge < -0.3 is 28.8 Å². The first-order chi connectivity index (χ1) is 15.2. The molecule has 0 amide bonds. The summed E-state index contributed by atoms with van der Waals surface area (Å²) in [6.07, 6.45) is 0.142. The number of ether oxygens (including phenoxy) is 5. The first kappa shape index (κ1) is 34.4. The van der Waals surface area contributed by atoms with Crippen LogP contribution in [-0.4, -0.2) is 75.7 Å². The molecule has 1 rings (SSSR count). The number of hydrogen-bond donors (Lipinski definition) is 1. The number of carbonyl (C=O) groups is 4. The molecule has 1 N–H and O–H groups in total. The Morgan fingerprint density at radius 3 is 1.30 bits per heavy atom. The summed E-state index contributed by atoms with van der Waals surface area (Å²) in [6, 6.07) is 0. The Morgan fingerprint density at radius 2 is 1.09 bits per heavy atom. The zero-order valence-electron chi connectivity index (χ0n) is 20.4. The van der Waals surface area contributed by atoms with Gasteiger partial charge in [-0.1, -0.05) is 26.3 Å². The minimum Gasteiger partial charge on any atom is -0.466 e. The largest absolute Gasteiger partial charge is 0.466 e. The Morgan fingerprint density at radius 1 is 0.758 bits per heavy atom. The summed E-state index contributed by atoms with van der Waals surface area (Å²) in [4.78, 5) is 41.5. The molecule has 10 heteroatoms. The van der Waals surface area contributed by atoms with Gasteiger partial charge in [0.05, 0.1) is 27.4 Å². The molecule has 1 unspecified atom stereocenters. The number of esters is 4. The number of methoxy groups -OCH3 is 2. The molecule has 0 aromatic rings. The van der Waals surface area contributed by atoms with Crippen molar-refractivity contribution in [1.29, 1.82) is 0 Å². The summed E-state index contributed by atoms with van der Waals surface area (Å²) in [5.74, 6) is -1.49. The van der Waals surface area contributed by atoms with Crippen molar-refractivity contribution in [2.24, 2.45) is 0 Å². The molecule has 1 aliphatic heterocycles. The number of hydrogen-bond acceptors (Lipinski definition) is 10. The Kier molecular flexibility index (Phi) is 21.5. The molecule has 1 aliphatic rings. The van der Waals surface area contributed by atoms with Crippen molar-refractivity contribution in [2.75, 3.05) is 40.6 Å². The van der Waals surface area contributed by atoms with Crippen molar-refractivity contribution in [3.63, 3.8) is 0 Å². The lowest BCUT2D eigenvalue weighted by Gasteiger charge is -1.99. The van der Waals surface area contributed by atoms with Crippen LogP contribution >= 0.6 is 0 Å². The highest BCUT2D eigenvalue weighted by Gasteiger charge is 2.24. The standard InChI is InChI=1S/C7H10O3.C6H10O3.2C5H8O2/c1-5(2)7(8)10-4-6-3-9-6;1-5(2)6(8)9-4-3-7;2*1-4(2)5(6)7-3/h6H,1,3-4H2,2H3;7H,1,3-4H2,2H3;2*1H2,2-3H3. The van der Waals surface area contributed by atoms with Crippen LogP contribution in [0.15, 0.2) is 48.6 Å². The molecule has 0 aromatic carbocycles. The molecular weight excluding hydrogens is 436 g/mol. The maximum Gasteiger partial charge on any atom is 0.333 e. The Hall–Kier alpha value is -3.24. The summed E-state index contributed by atoms with van der Waals surface area (Å²) in [5, 5.41) is 8.19. The zero-order chi connectivity index (χ0) is 26.6. The van der Waals surface area contributed by atoms with Gasteiger partial charge in [-0.05, 0) is 27.7 Å². The first-order valence-corrected chi connectivity index (χ1v) is 9.60. The van der Waals surface area contributed by atoms with Gasteiger partial charge in [0.15, 0.2) is 0 Å². The van der Waals surface area contributed by atoms with E-state index in [2.05, 4.69) is 40.5 Å². The average molecular weight is 473 g/mol. The van der Waals surface area contributed by atoms with E-state index in [-0.39, 0.29) is 37.2 Å². The molecule has 1 atom stereocenters. The fourth-order valence-corrected chi connectivity index (χ4v) is 1.07. The van der Waals surface area contributed by atoms with Crippen LogP contribution < -0.4 is 0 Å². The topological polar surface area (TPSA) is 138 Å².